The molecule has 1 rings (SSSR count). The van der Waals surface area contributed by atoms with Crippen molar-refractivity contribution in [3.05, 3.63) is 26.7 Å². The Morgan fingerprint density at radius 2 is 2.30 bits per heavy atom. The van der Waals surface area contributed by atoms with E-state index >= 15 is 0 Å². The smallest absolute Gasteiger partial charge is 0.352 e. The van der Waals surface area contributed by atoms with E-state index in [1.54, 1.807) is 13.0 Å². The summed E-state index contributed by atoms with van der Waals surface area (Å²) in [6, 6.07) is 1.59. The molecule has 1 heterocycles. The average molecular weight is 204 g/mol. The third kappa shape index (κ3) is 1.21. The second kappa shape index (κ2) is 2.46. The summed E-state index contributed by atoms with van der Waals surface area (Å²) in [7, 11) is 0. The summed E-state index contributed by atoms with van der Waals surface area (Å²) in [5.74, 6) is 0.519. The van der Waals surface area contributed by atoms with Gasteiger partial charge in [-0.2, -0.15) is 0 Å². The van der Waals surface area contributed by atoms with Gasteiger partial charge in [0.2, 0.25) is 0 Å². The summed E-state index contributed by atoms with van der Waals surface area (Å²) in [5, 5.41) is 0. The first-order valence-electron chi connectivity index (χ1n) is 2.67. The molecule has 2 N–H and O–H groups in total. The molecule has 0 aliphatic rings. The Kier molecular flexibility index (Phi) is 1.80. The standard InChI is InChI=1S/C6H6BrNO2/c1-3-2-4(8)5(7)6(9)10-3/h2H,8H2,1H3. The van der Waals surface area contributed by atoms with Crippen molar-refractivity contribution in [3.8, 4) is 0 Å². The lowest BCUT2D eigenvalue weighted by molar-refractivity contribution is 0.477. The van der Waals surface area contributed by atoms with Crippen molar-refractivity contribution in [1.82, 2.24) is 0 Å². The lowest BCUT2D eigenvalue weighted by Crippen LogP contribution is -2.04. The van der Waals surface area contributed by atoms with E-state index in [4.69, 9.17) is 10.2 Å². The zero-order chi connectivity index (χ0) is 7.72. The van der Waals surface area contributed by atoms with Gasteiger partial charge in [-0.25, -0.2) is 4.79 Å². The fourth-order valence-corrected chi connectivity index (χ4v) is 0.816. The molecule has 0 unspecified atom stereocenters. The Hall–Kier alpha value is -0.770. The normalized spacial score (nSPS) is 9.80. The van der Waals surface area contributed by atoms with Crippen LogP contribution in [0.2, 0.25) is 0 Å². The fraction of sp³-hybridized carbons (Fsp3) is 0.167. The van der Waals surface area contributed by atoms with Crippen LogP contribution in [-0.2, 0) is 0 Å². The Morgan fingerprint density at radius 3 is 2.80 bits per heavy atom. The molecule has 0 amide bonds. The van der Waals surface area contributed by atoms with Crippen LogP contribution >= 0.6 is 15.9 Å². The summed E-state index contributed by atoms with van der Waals surface area (Å²) in [4.78, 5) is 10.8. The van der Waals surface area contributed by atoms with Gasteiger partial charge in [-0.15, -0.1) is 0 Å². The lowest BCUT2D eigenvalue weighted by atomic mass is 10.4. The first kappa shape index (κ1) is 7.34. The predicted octanol–water partition coefficient (Wildman–Crippen LogP) is 1.29. The highest BCUT2D eigenvalue weighted by atomic mass is 79.9. The topological polar surface area (TPSA) is 56.2 Å². The SMILES string of the molecule is Cc1cc(N)c(Br)c(=O)o1. The van der Waals surface area contributed by atoms with Gasteiger partial charge in [0, 0.05) is 6.07 Å². The number of hydrogen-bond donors (Lipinski definition) is 1. The minimum Gasteiger partial charge on any atom is -0.427 e. The number of nitrogen functional groups attached to an aromatic ring is 1. The van der Waals surface area contributed by atoms with Crippen LogP contribution in [0.1, 0.15) is 5.76 Å². The molecular formula is C6H6BrNO2. The number of aryl methyl sites for hydroxylation is 1. The van der Waals surface area contributed by atoms with Crippen molar-refractivity contribution in [3.63, 3.8) is 0 Å². The molecule has 0 aromatic carbocycles. The van der Waals surface area contributed by atoms with Crippen LogP contribution in [0.15, 0.2) is 19.8 Å². The average Bonchev–Trinajstić information content (AvgIpc) is 1.82. The molecule has 0 spiro atoms. The molecule has 0 bridgehead atoms. The molecule has 54 valence electrons. The number of hydrogen-bond acceptors (Lipinski definition) is 3. The molecule has 0 fully saturated rings. The highest BCUT2D eigenvalue weighted by molar-refractivity contribution is 9.10. The van der Waals surface area contributed by atoms with Crippen molar-refractivity contribution in [2.45, 2.75) is 6.92 Å². The van der Waals surface area contributed by atoms with Gasteiger partial charge in [-0.1, -0.05) is 0 Å². The molecule has 0 saturated carbocycles. The van der Waals surface area contributed by atoms with Crippen LogP contribution in [0.5, 0.6) is 0 Å². The van der Waals surface area contributed by atoms with Crippen LogP contribution in [0.4, 0.5) is 5.69 Å². The number of halogens is 1. The molecule has 0 radical (unpaired) electrons. The maximum atomic E-state index is 10.8. The summed E-state index contributed by atoms with van der Waals surface area (Å²) in [6.45, 7) is 1.67. The van der Waals surface area contributed by atoms with E-state index in [2.05, 4.69) is 15.9 Å². The lowest BCUT2D eigenvalue weighted by Gasteiger charge is -1.95. The summed E-state index contributed by atoms with van der Waals surface area (Å²) in [5.41, 5.74) is 5.39. The van der Waals surface area contributed by atoms with Gasteiger partial charge in [0.15, 0.2) is 0 Å². The van der Waals surface area contributed by atoms with Crippen LogP contribution in [0, 0.1) is 6.92 Å². The number of rotatable bonds is 0. The van der Waals surface area contributed by atoms with Crippen molar-refractivity contribution in [2.24, 2.45) is 0 Å². The molecule has 3 nitrogen and oxygen atoms in total. The van der Waals surface area contributed by atoms with Crippen molar-refractivity contribution in [2.75, 3.05) is 5.73 Å². The zero-order valence-electron chi connectivity index (χ0n) is 5.35. The van der Waals surface area contributed by atoms with Gasteiger partial charge in [-0.05, 0) is 22.9 Å². The first-order valence-corrected chi connectivity index (χ1v) is 3.46. The predicted molar refractivity (Wildman–Crippen MR) is 41.8 cm³/mol. The van der Waals surface area contributed by atoms with Gasteiger partial charge in [-0.3, -0.25) is 0 Å². The van der Waals surface area contributed by atoms with E-state index in [0.29, 0.717) is 11.4 Å². The Bertz CT molecular complexity index is 305. The van der Waals surface area contributed by atoms with Gasteiger partial charge in [0.05, 0.1) is 5.69 Å². The molecule has 1 aromatic rings. The second-order valence-electron chi connectivity index (χ2n) is 1.91. The van der Waals surface area contributed by atoms with E-state index < -0.39 is 5.63 Å². The summed E-state index contributed by atoms with van der Waals surface area (Å²) in [6.07, 6.45) is 0. The van der Waals surface area contributed by atoms with Crippen molar-refractivity contribution in [1.29, 1.82) is 0 Å². The van der Waals surface area contributed by atoms with Crippen molar-refractivity contribution < 1.29 is 4.42 Å². The van der Waals surface area contributed by atoms with Crippen LogP contribution < -0.4 is 11.4 Å². The third-order valence-corrected chi connectivity index (χ3v) is 1.83. The van der Waals surface area contributed by atoms with E-state index in [0.717, 1.165) is 0 Å². The minimum absolute atomic E-state index is 0.290. The van der Waals surface area contributed by atoms with Crippen LogP contribution in [-0.4, -0.2) is 0 Å². The maximum absolute atomic E-state index is 10.8. The van der Waals surface area contributed by atoms with Gasteiger partial charge in [0.25, 0.3) is 0 Å². The molecule has 1 aromatic heterocycles. The Balaban J connectivity index is 3.46. The van der Waals surface area contributed by atoms with Crippen LogP contribution in [0.25, 0.3) is 0 Å². The largest absolute Gasteiger partial charge is 0.427 e. The summed E-state index contributed by atoms with van der Waals surface area (Å²) < 4.78 is 5.00. The number of anilines is 1. The maximum Gasteiger partial charge on any atom is 0.352 e. The highest BCUT2D eigenvalue weighted by Crippen LogP contribution is 2.14. The molecule has 0 aliphatic carbocycles. The molecule has 0 aliphatic heterocycles. The zero-order valence-corrected chi connectivity index (χ0v) is 6.94. The van der Waals surface area contributed by atoms with E-state index in [1.165, 1.54) is 0 Å². The molecule has 4 heteroatoms. The van der Waals surface area contributed by atoms with Gasteiger partial charge in [0.1, 0.15) is 10.2 Å². The van der Waals surface area contributed by atoms with E-state index in [-0.39, 0.29) is 4.47 Å². The van der Waals surface area contributed by atoms with Crippen LogP contribution in [0.3, 0.4) is 0 Å². The molecule has 10 heavy (non-hydrogen) atoms. The Labute approximate surface area is 66.0 Å². The third-order valence-electron chi connectivity index (χ3n) is 1.05. The molecule has 0 saturated heterocycles. The monoisotopic (exact) mass is 203 g/mol. The van der Waals surface area contributed by atoms with Gasteiger partial charge < -0.3 is 10.2 Å². The fourth-order valence-electron chi connectivity index (χ4n) is 0.621. The first-order chi connectivity index (χ1) is 4.61. The van der Waals surface area contributed by atoms with E-state index in [9.17, 15) is 4.79 Å². The highest BCUT2D eigenvalue weighted by Gasteiger charge is 2.01. The summed E-state index contributed by atoms with van der Waals surface area (Å²) >= 11 is 2.98. The molecular weight excluding hydrogens is 198 g/mol. The molecule has 0 atom stereocenters. The van der Waals surface area contributed by atoms with E-state index in [1.807, 2.05) is 0 Å². The Morgan fingerprint density at radius 1 is 1.70 bits per heavy atom. The van der Waals surface area contributed by atoms with Crippen molar-refractivity contribution >= 4 is 21.6 Å². The second-order valence-corrected chi connectivity index (χ2v) is 2.71. The quantitative estimate of drug-likeness (QED) is 0.692. The minimum atomic E-state index is -0.433. The van der Waals surface area contributed by atoms with Gasteiger partial charge >= 0.3 is 5.63 Å². The number of nitrogens with two attached hydrogens (primary N) is 1.